The normalized spacial score (nSPS) is 10.8. The molecule has 0 aliphatic carbocycles. The van der Waals surface area contributed by atoms with E-state index < -0.39 is 11.5 Å². The number of carbonyl (C=O) groups excluding carboxylic acids is 1. The number of esters is 1. The van der Waals surface area contributed by atoms with Crippen LogP contribution < -0.4 is 10.3 Å². The zero-order chi connectivity index (χ0) is 20.4. The second-order valence-corrected chi connectivity index (χ2v) is 7.85. The predicted octanol–water partition coefficient (Wildman–Crippen LogP) is 3.65. The molecule has 7 nitrogen and oxygen atoms in total. The number of benzene rings is 1. The molecule has 0 amide bonds. The van der Waals surface area contributed by atoms with Crippen molar-refractivity contribution < 1.29 is 14.3 Å². The molecule has 0 saturated heterocycles. The molecule has 0 saturated carbocycles. The van der Waals surface area contributed by atoms with Gasteiger partial charge in [0.2, 0.25) is 0 Å². The standard InChI is InChI=1S/C19H18BrN3O4S/c1-10-11(2)22-23(3)18(24)16(10)19(25)27-8-13-9-28-17(21-13)14-7-12(20)5-6-15(14)26-4/h5-7,9H,8H2,1-4H3. The van der Waals surface area contributed by atoms with Crippen LogP contribution in [0.3, 0.4) is 0 Å². The minimum absolute atomic E-state index is 0.000822. The first-order chi connectivity index (χ1) is 13.3. The van der Waals surface area contributed by atoms with Crippen LogP contribution >= 0.6 is 27.3 Å². The third kappa shape index (κ3) is 4.00. The van der Waals surface area contributed by atoms with Gasteiger partial charge >= 0.3 is 5.97 Å². The van der Waals surface area contributed by atoms with Gasteiger partial charge in [-0.1, -0.05) is 15.9 Å². The lowest BCUT2D eigenvalue weighted by Gasteiger charge is -2.09. The summed E-state index contributed by atoms with van der Waals surface area (Å²) in [4.78, 5) is 29.2. The molecule has 1 aromatic carbocycles. The average Bonchev–Trinajstić information content (AvgIpc) is 3.14. The first kappa shape index (κ1) is 20.2. The zero-order valence-electron chi connectivity index (χ0n) is 15.8. The van der Waals surface area contributed by atoms with Crippen molar-refractivity contribution in [1.82, 2.24) is 14.8 Å². The summed E-state index contributed by atoms with van der Waals surface area (Å²) in [5, 5.41) is 6.62. The summed E-state index contributed by atoms with van der Waals surface area (Å²) in [7, 11) is 3.10. The van der Waals surface area contributed by atoms with E-state index in [-0.39, 0.29) is 12.2 Å². The molecule has 0 aliphatic rings. The van der Waals surface area contributed by atoms with Gasteiger partial charge in [0.25, 0.3) is 5.56 Å². The van der Waals surface area contributed by atoms with Gasteiger partial charge in [0, 0.05) is 16.9 Å². The molecule has 0 fully saturated rings. The topological polar surface area (TPSA) is 83.3 Å². The fourth-order valence-corrected chi connectivity index (χ4v) is 3.83. The molecule has 28 heavy (non-hydrogen) atoms. The molecule has 0 spiro atoms. The molecule has 3 aromatic rings. The molecule has 0 bridgehead atoms. The van der Waals surface area contributed by atoms with Crippen molar-refractivity contribution in [2.24, 2.45) is 7.05 Å². The maximum absolute atomic E-state index is 12.5. The van der Waals surface area contributed by atoms with E-state index in [4.69, 9.17) is 9.47 Å². The monoisotopic (exact) mass is 463 g/mol. The van der Waals surface area contributed by atoms with Crippen LogP contribution in [0.2, 0.25) is 0 Å². The fourth-order valence-electron chi connectivity index (χ4n) is 2.64. The predicted molar refractivity (Wildman–Crippen MR) is 110 cm³/mol. The number of rotatable bonds is 5. The number of hydrogen-bond donors (Lipinski definition) is 0. The van der Waals surface area contributed by atoms with Gasteiger partial charge in [-0.15, -0.1) is 11.3 Å². The first-order valence-corrected chi connectivity index (χ1v) is 9.99. The van der Waals surface area contributed by atoms with Gasteiger partial charge in [-0.05, 0) is 37.6 Å². The second-order valence-electron chi connectivity index (χ2n) is 6.08. The summed E-state index contributed by atoms with van der Waals surface area (Å²) in [6.07, 6.45) is 0. The molecule has 0 N–H and O–H groups in total. The molecule has 0 radical (unpaired) electrons. The van der Waals surface area contributed by atoms with E-state index in [2.05, 4.69) is 26.0 Å². The molecule has 9 heteroatoms. The number of aryl methyl sites for hydroxylation is 2. The number of carbonyl (C=O) groups is 1. The Morgan fingerprint density at radius 2 is 2.07 bits per heavy atom. The van der Waals surface area contributed by atoms with Gasteiger partial charge in [-0.2, -0.15) is 5.10 Å². The Morgan fingerprint density at radius 3 is 2.79 bits per heavy atom. The minimum Gasteiger partial charge on any atom is -0.496 e. The smallest absolute Gasteiger partial charge is 0.344 e. The third-order valence-electron chi connectivity index (χ3n) is 4.22. The highest BCUT2D eigenvalue weighted by atomic mass is 79.9. The molecule has 3 rings (SSSR count). The van der Waals surface area contributed by atoms with Crippen molar-refractivity contribution in [2.45, 2.75) is 20.5 Å². The van der Waals surface area contributed by atoms with Gasteiger partial charge in [0.1, 0.15) is 22.9 Å². The summed E-state index contributed by atoms with van der Waals surface area (Å²) in [5.74, 6) is 0.0191. The van der Waals surface area contributed by atoms with E-state index in [9.17, 15) is 9.59 Å². The highest BCUT2D eigenvalue weighted by molar-refractivity contribution is 9.10. The lowest BCUT2D eigenvalue weighted by atomic mass is 10.1. The molecule has 146 valence electrons. The average molecular weight is 464 g/mol. The highest BCUT2D eigenvalue weighted by Crippen LogP contribution is 2.34. The number of ether oxygens (including phenoxy) is 2. The summed E-state index contributed by atoms with van der Waals surface area (Å²) in [6, 6.07) is 5.66. The summed E-state index contributed by atoms with van der Waals surface area (Å²) in [6.45, 7) is 3.39. The lowest BCUT2D eigenvalue weighted by molar-refractivity contribution is 0.0464. The van der Waals surface area contributed by atoms with Crippen LogP contribution in [0.15, 0.2) is 32.8 Å². The van der Waals surface area contributed by atoms with Crippen LogP contribution in [-0.2, 0) is 18.4 Å². The Kier molecular flexibility index (Phi) is 5.95. The Labute approximate surface area is 174 Å². The molecule has 0 unspecified atom stereocenters. The lowest BCUT2D eigenvalue weighted by Crippen LogP contribution is -2.29. The van der Waals surface area contributed by atoms with E-state index >= 15 is 0 Å². The van der Waals surface area contributed by atoms with Crippen molar-refractivity contribution in [1.29, 1.82) is 0 Å². The van der Waals surface area contributed by atoms with Gasteiger partial charge < -0.3 is 9.47 Å². The second kappa shape index (κ2) is 8.24. The molecule has 2 aromatic heterocycles. The van der Waals surface area contributed by atoms with Crippen LogP contribution in [-0.4, -0.2) is 27.8 Å². The van der Waals surface area contributed by atoms with Gasteiger partial charge in [0.15, 0.2) is 0 Å². The van der Waals surface area contributed by atoms with Crippen molar-refractivity contribution in [3.05, 3.63) is 60.9 Å². The number of methoxy groups -OCH3 is 1. The molecule has 2 heterocycles. The van der Waals surface area contributed by atoms with Crippen LogP contribution in [0.1, 0.15) is 27.3 Å². The van der Waals surface area contributed by atoms with E-state index in [0.29, 0.717) is 22.7 Å². The third-order valence-corrected chi connectivity index (χ3v) is 5.64. The number of thiazole rings is 1. The van der Waals surface area contributed by atoms with Crippen LogP contribution in [0.5, 0.6) is 5.75 Å². The van der Waals surface area contributed by atoms with Gasteiger partial charge in [-0.3, -0.25) is 4.79 Å². The summed E-state index contributed by atoms with van der Waals surface area (Å²) in [5.41, 5.74) is 2.08. The van der Waals surface area contributed by atoms with Crippen LogP contribution in [0, 0.1) is 13.8 Å². The van der Waals surface area contributed by atoms with E-state index in [1.165, 1.54) is 18.4 Å². The van der Waals surface area contributed by atoms with Crippen molar-refractivity contribution in [3.63, 3.8) is 0 Å². The fraction of sp³-hybridized carbons (Fsp3) is 0.263. The Morgan fingerprint density at radius 1 is 1.32 bits per heavy atom. The van der Waals surface area contributed by atoms with Crippen LogP contribution in [0.25, 0.3) is 10.6 Å². The number of nitrogens with zero attached hydrogens (tertiary/aromatic N) is 3. The highest BCUT2D eigenvalue weighted by Gasteiger charge is 2.20. The molecule has 0 atom stereocenters. The number of aromatic nitrogens is 3. The summed E-state index contributed by atoms with van der Waals surface area (Å²) >= 11 is 4.87. The zero-order valence-corrected chi connectivity index (χ0v) is 18.2. The van der Waals surface area contributed by atoms with Crippen LogP contribution in [0.4, 0.5) is 0 Å². The SMILES string of the molecule is COc1ccc(Br)cc1-c1nc(COC(=O)c2c(C)c(C)nn(C)c2=O)cs1. The molecular weight excluding hydrogens is 446 g/mol. The Balaban J connectivity index is 1.80. The van der Waals surface area contributed by atoms with Gasteiger partial charge in [0.05, 0.1) is 24.1 Å². The van der Waals surface area contributed by atoms with Crippen molar-refractivity contribution in [3.8, 4) is 16.3 Å². The van der Waals surface area contributed by atoms with E-state index in [1.54, 1.807) is 21.0 Å². The quantitative estimate of drug-likeness (QED) is 0.537. The summed E-state index contributed by atoms with van der Waals surface area (Å²) < 4.78 is 12.8. The molecule has 0 aliphatic heterocycles. The molecular formula is C19H18BrN3O4S. The van der Waals surface area contributed by atoms with Crippen molar-refractivity contribution >= 4 is 33.2 Å². The maximum atomic E-state index is 12.5. The Bertz CT molecular complexity index is 1110. The van der Waals surface area contributed by atoms with Crippen molar-refractivity contribution in [2.75, 3.05) is 7.11 Å². The van der Waals surface area contributed by atoms with E-state index in [0.717, 1.165) is 19.7 Å². The largest absolute Gasteiger partial charge is 0.496 e. The first-order valence-electron chi connectivity index (χ1n) is 8.31. The van der Waals surface area contributed by atoms with E-state index in [1.807, 2.05) is 23.6 Å². The number of halogens is 1. The number of hydrogen-bond acceptors (Lipinski definition) is 7. The minimum atomic E-state index is -0.682. The maximum Gasteiger partial charge on any atom is 0.344 e. The Hall–Kier alpha value is -2.52. The van der Waals surface area contributed by atoms with Gasteiger partial charge in [-0.25, -0.2) is 14.5 Å².